The zero-order chi connectivity index (χ0) is 21.3. The maximum Gasteiger partial charge on any atom is 0.255 e. The highest BCUT2D eigenvalue weighted by molar-refractivity contribution is 6.05. The summed E-state index contributed by atoms with van der Waals surface area (Å²) in [4.78, 5) is 25.2. The van der Waals surface area contributed by atoms with E-state index in [2.05, 4.69) is 10.6 Å². The smallest absolute Gasteiger partial charge is 0.255 e. The van der Waals surface area contributed by atoms with Crippen molar-refractivity contribution in [1.82, 2.24) is 5.32 Å². The maximum absolute atomic E-state index is 12.7. The molecule has 3 aromatic rings. The number of ether oxygens (including phenoxy) is 1. The lowest BCUT2D eigenvalue weighted by Gasteiger charge is -2.13. The second kappa shape index (κ2) is 10.4. The summed E-state index contributed by atoms with van der Waals surface area (Å²) in [6.45, 7) is 5.41. The average Bonchev–Trinajstić information content (AvgIpc) is 2.78. The van der Waals surface area contributed by atoms with Gasteiger partial charge in [0.15, 0.2) is 0 Å². The number of nitrogens with one attached hydrogen (secondary N) is 2. The molecule has 0 saturated carbocycles. The molecule has 0 aliphatic carbocycles. The molecular weight excluding hydrogens is 376 g/mol. The SMILES string of the molecule is CCOCc1ccccc1CNC(=O)c1ccc(C)c(NC(=O)c2ccccc2)c1. The molecule has 0 fully saturated rings. The first-order chi connectivity index (χ1) is 14.6. The van der Waals surface area contributed by atoms with E-state index in [4.69, 9.17) is 4.74 Å². The van der Waals surface area contributed by atoms with Crippen molar-refractivity contribution in [3.8, 4) is 0 Å². The van der Waals surface area contributed by atoms with Crippen molar-refractivity contribution >= 4 is 17.5 Å². The van der Waals surface area contributed by atoms with E-state index in [1.54, 1.807) is 24.3 Å². The minimum absolute atomic E-state index is 0.198. The van der Waals surface area contributed by atoms with E-state index in [0.717, 1.165) is 16.7 Å². The van der Waals surface area contributed by atoms with Gasteiger partial charge in [0.2, 0.25) is 0 Å². The highest BCUT2D eigenvalue weighted by Gasteiger charge is 2.12. The molecule has 2 N–H and O–H groups in total. The van der Waals surface area contributed by atoms with Gasteiger partial charge in [0.05, 0.1) is 6.61 Å². The molecule has 154 valence electrons. The number of amides is 2. The van der Waals surface area contributed by atoms with Gasteiger partial charge in [-0.05, 0) is 54.8 Å². The van der Waals surface area contributed by atoms with Crippen LogP contribution in [0.25, 0.3) is 0 Å². The highest BCUT2D eigenvalue weighted by atomic mass is 16.5. The second-order valence-electron chi connectivity index (χ2n) is 6.94. The number of hydrogen-bond acceptors (Lipinski definition) is 3. The van der Waals surface area contributed by atoms with Crippen LogP contribution in [0.5, 0.6) is 0 Å². The van der Waals surface area contributed by atoms with Gasteiger partial charge < -0.3 is 15.4 Å². The van der Waals surface area contributed by atoms with E-state index in [1.165, 1.54) is 0 Å². The van der Waals surface area contributed by atoms with Crippen LogP contribution < -0.4 is 10.6 Å². The number of carbonyl (C=O) groups excluding carboxylic acids is 2. The maximum atomic E-state index is 12.7. The largest absolute Gasteiger partial charge is 0.377 e. The van der Waals surface area contributed by atoms with Gasteiger partial charge in [-0.25, -0.2) is 0 Å². The molecule has 0 radical (unpaired) electrons. The molecule has 0 spiro atoms. The molecule has 3 aromatic carbocycles. The molecule has 30 heavy (non-hydrogen) atoms. The number of hydrogen-bond donors (Lipinski definition) is 2. The van der Waals surface area contributed by atoms with Gasteiger partial charge in [-0.15, -0.1) is 0 Å². The average molecular weight is 402 g/mol. The minimum atomic E-state index is -0.207. The number of aryl methyl sites for hydroxylation is 1. The lowest BCUT2D eigenvalue weighted by molar-refractivity contribution is 0.0948. The van der Waals surface area contributed by atoms with Crippen molar-refractivity contribution in [1.29, 1.82) is 0 Å². The van der Waals surface area contributed by atoms with Gasteiger partial charge >= 0.3 is 0 Å². The molecule has 5 heteroatoms. The zero-order valence-corrected chi connectivity index (χ0v) is 17.3. The molecule has 0 saturated heterocycles. The molecule has 3 rings (SSSR count). The van der Waals surface area contributed by atoms with Gasteiger partial charge in [-0.3, -0.25) is 9.59 Å². The van der Waals surface area contributed by atoms with Crippen LogP contribution in [0.3, 0.4) is 0 Å². The fourth-order valence-corrected chi connectivity index (χ4v) is 3.04. The van der Waals surface area contributed by atoms with E-state index in [-0.39, 0.29) is 11.8 Å². The predicted molar refractivity (Wildman–Crippen MR) is 119 cm³/mol. The van der Waals surface area contributed by atoms with Crippen molar-refractivity contribution in [3.63, 3.8) is 0 Å². The fourth-order valence-electron chi connectivity index (χ4n) is 3.04. The third-order valence-electron chi connectivity index (χ3n) is 4.80. The molecular formula is C25H26N2O3. The van der Waals surface area contributed by atoms with Gasteiger partial charge in [0, 0.05) is 30.0 Å². The van der Waals surface area contributed by atoms with Crippen LogP contribution in [0.2, 0.25) is 0 Å². The quantitative estimate of drug-likeness (QED) is 0.573. The Morgan fingerprint density at radius 3 is 2.27 bits per heavy atom. The van der Waals surface area contributed by atoms with Crippen molar-refractivity contribution in [3.05, 3.63) is 101 Å². The Kier molecular flexibility index (Phi) is 7.35. The van der Waals surface area contributed by atoms with Crippen molar-refractivity contribution in [2.45, 2.75) is 27.0 Å². The standard InChI is InChI=1S/C25H26N2O3/c1-3-30-17-22-12-8-7-11-21(22)16-26-24(28)20-14-13-18(2)23(15-20)27-25(29)19-9-5-4-6-10-19/h4-15H,3,16-17H2,1-2H3,(H,26,28)(H,27,29). The summed E-state index contributed by atoms with van der Waals surface area (Å²) in [6, 6.07) is 22.2. The van der Waals surface area contributed by atoms with E-state index in [1.807, 2.05) is 62.4 Å². The van der Waals surface area contributed by atoms with Crippen LogP contribution in [0.15, 0.2) is 72.8 Å². The molecule has 0 aliphatic rings. The van der Waals surface area contributed by atoms with Crippen LogP contribution in [-0.4, -0.2) is 18.4 Å². The number of benzene rings is 3. The number of carbonyl (C=O) groups is 2. The molecule has 5 nitrogen and oxygen atoms in total. The van der Waals surface area contributed by atoms with E-state index in [9.17, 15) is 9.59 Å². The summed E-state index contributed by atoms with van der Waals surface area (Å²) in [6.07, 6.45) is 0. The Hall–Kier alpha value is -3.44. The lowest BCUT2D eigenvalue weighted by Crippen LogP contribution is -2.24. The molecule has 0 unspecified atom stereocenters. The van der Waals surface area contributed by atoms with Crippen LogP contribution in [-0.2, 0) is 17.9 Å². The Morgan fingerprint density at radius 1 is 0.833 bits per heavy atom. The van der Waals surface area contributed by atoms with Crippen molar-refractivity contribution in [2.24, 2.45) is 0 Å². The molecule has 0 aliphatic heterocycles. The summed E-state index contributed by atoms with van der Waals surface area (Å²) >= 11 is 0. The monoisotopic (exact) mass is 402 g/mol. The van der Waals surface area contributed by atoms with Gasteiger partial charge in [0.1, 0.15) is 0 Å². The normalized spacial score (nSPS) is 10.5. The first-order valence-electron chi connectivity index (χ1n) is 9.98. The van der Waals surface area contributed by atoms with Gasteiger partial charge in [-0.1, -0.05) is 48.5 Å². The Balaban J connectivity index is 1.68. The topological polar surface area (TPSA) is 67.4 Å². The summed E-state index contributed by atoms with van der Waals surface area (Å²) in [5.41, 5.74) is 4.64. The number of rotatable bonds is 8. The van der Waals surface area contributed by atoms with Crippen LogP contribution in [0.1, 0.15) is 44.3 Å². The third kappa shape index (κ3) is 5.55. The summed E-state index contributed by atoms with van der Waals surface area (Å²) < 4.78 is 5.50. The Morgan fingerprint density at radius 2 is 1.53 bits per heavy atom. The lowest BCUT2D eigenvalue weighted by atomic mass is 10.1. The van der Waals surface area contributed by atoms with Gasteiger partial charge in [-0.2, -0.15) is 0 Å². The molecule has 0 aromatic heterocycles. The molecule has 2 amide bonds. The molecule has 0 bridgehead atoms. The zero-order valence-electron chi connectivity index (χ0n) is 17.3. The van der Waals surface area contributed by atoms with E-state index in [0.29, 0.717) is 36.6 Å². The fraction of sp³-hybridized carbons (Fsp3) is 0.200. The van der Waals surface area contributed by atoms with E-state index >= 15 is 0 Å². The van der Waals surface area contributed by atoms with E-state index < -0.39 is 0 Å². The third-order valence-corrected chi connectivity index (χ3v) is 4.80. The van der Waals surface area contributed by atoms with Crippen LogP contribution in [0.4, 0.5) is 5.69 Å². The van der Waals surface area contributed by atoms with Crippen molar-refractivity contribution in [2.75, 3.05) is 11.9 Å². The van der Waals surface area contributed by atoms with Gasteiger partial charge in [0.25, 0.3) is 11.8 Å². The van der Waals surface area contributed by atoms with Crippen molar-refractivity contribution < 1.29 is 14.3 Å². The molecule has 0 atom stereocenters. The summed E-state index contributed by atoms with van der Waals surface area (Å²) in [5, 5.41) is 5.85. The summed E-state index contributed by atoms with van der Waals surface area (Å²) in [7, 11) is 0. The second-order valence-corrected chi connectivity index (χ2v) is 6.94. The predicted octanol–water partition coefficient (Wildman–Crippen LogP) is 4.71. The highest BCUT2D eigenvalue weighted by Crippen LogP contribution is 2.18. The first kappa shape index (κ1) is 21.3. The number of anilines is 1. The minimum Gasteiger partial charge on any atom is -0.377 e. The Labute approximate surface area is 177 Å². The van der Waals surface area contributed by atoms with Crippen LogP contribution in [0, 0.1) is 6.92 Å². The first-order valence-corrected chi connectivity index (χ1v) is 9.98. The van der Waals surface area contributed by atoms with Crippen LogP contribution >= 0.6 is 0 Å². The summed E-state index contributed by atoms with van der Waals surface area (Å²) in [5.74, 6) is -0.405. The molecule has 0 heterocycles. The Bertz CT molecular complexity index is 1020.